The lowest BCUT2D eigenvalue weighted by molar-refractivity contribution is 1.28. The van der Waals surface area contributed by atoms with Gasteiger partial charge >= 0.3 is 0 Å². The van der Waals surface area contributed by atoms with E-state index in [0.29, 0.717) is 0 Å². The highest BCUT2D eigenvalue weighted by atomic mass is 14.9. The number of nitrogens with zero attached hydrogens (tertiary/aromatic N) is 2. The number of nitrogens with one attached hydrogen (secondary N) is 2. The Labute approximate surface area is 98.7 Å². The van der Waals surface area contributed by atoms with Crippen molar-refractivity contribution in [3.8, 4) is 11.3 Å². The molecule has 0 bridgehead atoms. The fourth-order valence-corrected chi connectivity index (χ4v) is 1.99. The number of hydrogen-bond donors (Lipinski definition) is 2. The summed E-state index contributed by atoms with van der Waals surface area (Å²) in [5.74, 6) is 0. The molecule has 0 saturated carbocycles. The van der Waals surface area contributed by atoms with Crippen LogP contribution in [0.4, 0.5) is 5.69 Å². The molecular weight excluding hydrogens is 212 g/mol. The molecule has 17 heavy (non-hydrogen) atoms. The average molecular weight is 224 g/mol. The quantitative estimate of drug-likeness (QED) is 0.703. The molecule has 0 aliphatic heterocycles. The van der Waals surface area contributed by atoms with Crippen molar-refractivity contribution in [1.29, 1.82) is 0 Å². The molecule has 0 aliphatic rings. The van der Waals surface area contributed by atoms with E-state index in [4.69, 9.17) is 0 Å². The van der Waals surface area contributed by atoms with Gasteiger partial charge < -0.3 is 10.3 Å². The Morgan fingerprint density at radius 3 is 2.88 bits per heavy atom. The average Bonchev–Trinajstić information content (AvgIpc) is 2.86. The van der Waals surface area contributed by atoms with Gasteiger partial charge in [-0.2, -0.15) is 0 Å². The molecule has 84 valence electrons. The van der Waals surface area contributed by atoms with Crippen LogP contribution < -0.4 is 5.32 Å². The van der Waals surface area contributed by atoms with Gasteiger partial charge in [0, 0.05) is 36.6 Å². The number of H-pyrrole nitrogens is 1. The molecule has 0 unspecified atom stereocenters. The molecule has 0 aromatic carbocycles. The third-order valence-corrected chi connectivity index (χ3v) is 2.78. The van der Waals surface area contributed by atoms with Crippen LogP contribution in [0.3, 0.4) is 0 Å². The molecule has 3 rings (SSSR count). The van der Waals surface area contributed by atoms with Crippen molar-refractivity contribution in [3.05, 3.63) is 42.9 Å². The minimum Gasteiger partial charge on any atom is -0.387 e. The van der Waals surface area contributed by atoms with E-state index in [1.54, 1.807) is 6.20 Å². The predicted molar refractivity (Wildman–Crippen MR) is 68.9 cm³/mol. The van der Waals surface area contributed by atoms with Gasteiger partial charge in [0.1, 0.15) is 5.65 Å². The second kappa shape index (κ2) is 3.90. The molecule has 2 N–H and O–H groups in total. The van der Waals surface area contributed by atoms with Gasteiger partial charge in [-0.15, -0.1) is 0 Å². The first-order chi connectivity index (χ1) is 8.40. The highest BCUT2D eigenvalue weighted by Crippen LogP contribution is 2.31. The second-order valence-corrected chi connectivity index (χ2v) is 3.75. The molecule has 0 saturated heterocycles. The highest BCUT2D eigenvalue weighted by molar-refractivity contribution is 5.97. The van der Waals surface area contributed by atoms with Crippen molar-refractivity contribution < 1.29 is 0 Å². The van der Waals surface area contributed by atoms with Crippen LogP contribution in [0.15, 0.2) is 42.9 Å². The van der Waals surface area contributed by atoms with Crippen LogP contribution in [-0.4, -0.2) is 22.0 Å². The smallest absolute Gasteiger partial charge is 0.139 e. The first-order valence-corrected chi connectivity index (χ1v) is 5.45. The SMILES string of the molecule is CNc1c(-c2ccccn2)cnc2[nH]ccc12. The van der Waals surface area contributed by atoms with Crippen molar-refractivity contribution in [3.63, 3.8) is 0 Å². The Bertz CT molecular complexity index is 643. The first-order valence-electron chi connectivity index (χ1n) is 5.45. The summed E-state index contributed by atoms with van der Waals surface area (Å²) in [6.45, 7) is 0. The van der Waals surface area contributed by atoms with E-state index >= 15 is 0 Å². The number of pyridine rings is 2. The zero-order valence-electron chi connectivity index (χ0n) is 9.44. The lowest BCUT2D eigenvalue weighted by atomic mass is 10.1. The number of aromatic nitrogens is 3. The van der Waals surface area contributed by atoms with Crippen molar-refractivity contribution in [2.75, 3.05) is 12.4 Å². The number of fused-ring (bicyclic) bond motifs is 1. The molecule has 4 nitrogen and oxygen atoms in total. The number of anilines is 1. The summed E-state index contributed by atoms with van der Waals surface area (Å²) in [5.41, 5.74) is 3.87. The fraction of sp³-hybridized carbons (Fsp3) is 0.0769. The molecule has 3 aromatic heterocycles. The van der Waals surface area contributed by atoms with Gasteiger partial charge in [0.15, 0.2) is 0 Å². The van der Waals surface area contributed by atoms with Gasteiger partial charge in [0.05, 0.1) is 11.4 Å². The maximum atomic E-state index is 4.39. The van der Waals surface area contributed by atoms with Gasteiger partial charge in [0.2, 0.25) is 0 Å². The molecule has 0 atom stereocenters. The minimum absolute atomic E-state index is 0.883. The summed E-state index contributed by atoms with van der Waals surface area (Å²) in [4.78, 5) is 11.9. The van der Waals surface area contributed by atoms with Crippen LogP contribution in [0.5, 0.6) is 0 Å². The Balaban J connectivity index is 2.29. The summed E-state index contributed by atoms with van der Waals surface area (Å²) in [5, 5.41) is 4.30. The lowest BCUT2D eigenvalue weighted by Crippen LogP contribution is -1.95. The molecule has 4 heteroatoms. The van der Waals surface area contributed by atoms with Gasteiger partial charge in [-0.25, -0.2) is 4.98 Å². The normalized spacial score (nSPS) is 10.6. The summed E-state index contributed by atoms with van der Waals surface area (Å²) in [6.07, 6.45) is 5.52. The summed E-state index contributed by atoms with van der Waals surface area (Å²) in [7, 11) is 1.91. The standard InChI is InChI=1S/C13H12N4/c1-14-12-9-5-7-16-13(9)17-8-10(12)11-4-2-3-6-15-11/h2-8H,1H3,(H2,14,16,17). The molecular formula is C13H12N4. The first kappa shape index (κ1) is 9.84. The second-order valence-electron chi connectivity index (χ2n) is 3.75. The summed E-state index contributed by atoms with van der Waals surface area (Å²) < 4.78 is 0. The minimum atomic E-state index is 0.883. The Morgan fingerprint density at radius 2 is 2.12 bits per heavy atom. The number of hydrogen-bond acceptors (Lipinski definition) is 3. The molecule has 3 heterocycles. The van der Waals surface area contributed by atoms with E-state index in [1.807, 2.05) is 43.7 Å². The third kappa shape index (κ3) is 1.54. The lowest BCUT2D eigenvalue weighted by Gasteiger charge is -2.09. The van der Waals surface area contributed by atoms with Crippen LogP contribution in [0.25, 0.3) is 22.3 Å². The van der Waals surface area contributed by atoms with E-state index in [1.165, 1.54) is 0 Å². The third-order valence-electron chi connectivity index (χ3n) is 2.78. The van der Waals surface area contributed by atoms with E-state index in [0.717, 1.165) is 28.0 Å². The maximum absolute atomic E-state index is 4.39. The number of rotatable bonds is 2. The van der Waals surface area contributed by atoms with Crippen LogP contribution in [0.2, 0.25) is 0 Å². The zero-order chi connectivity index (χ0) is 11.7. The van der Waals surface area contributed by atoms with Gasteiger partial charge in [-0.3, -0.25) is 4.98 Å². The van der Waals surface area contributed by atoms with Crippen molar-refractivity contribution >= 4 is 16.7 Å². The summed E-state index contributed by atoms with van der Waals surface area (Å²) >= 11 is 0. The molecule has 0 aliphatic carbocycles. The highest BCUT2D eigenvalue weighted by Gasteiger charge is 2.10. The molecule has 0 spiro atoms. The van der Waals surface area contributed by atoms with E-state index in [-0.39, 0.29) is 0 Å². The van der Waals surface area contributed by atoms with Crippen LogP contribution in [0, 0.1) is 0 Å². The Morgan fingerprint density at radius 1 is 1.18 bits per heavy atom. The van der Waals surface area contributed by atoms with Crippen LogP contribution in [0.1, 0.15) is 0 Å². The molecule has 0 fully saturated rings. The summed E-state index contributed by atoms with van der Waals surface area (Å²) in [6, 6.07) is 7.88. The van der Waals surface area contributed by atoms with E-state index in [2.05, 4.69) is 20.3 Å². The fourth-order valence-electron chi connectivity index (χ4n) is 1.99. The van der Waals surface area contributed by atoms with E-state index in [9.17, 15) is 0 Å². The maximum Gasteiger partial charge on any atom is 0.139 e. The zero-order valence-corrected chi connectivity index (χ0v) is 9.44. The monoisotopic (exact) mass is 224 g/mol. The molecule has 3 aromatic rings. The van der Waals surface area contributed by atoms with E-state index < -0.39 is 0 Å². The largest absolute Gasteiger partial charge is 0.387 e. The van der Waals surface area contributed by atoms with Gasteiger partial charge in [0.25, 0.3) is 0 Å². The van der Waals surface area contributed by atoms with Gasteiger partial charge in [-0.05, 0) is 18.2 Å². The van der Waals surface area contributed by atoms with Crippen molar-refractivity contribution in [2.24, 2.45) is 0 Å². The molecule has 0 amide bonds. The number of aromatic amines is 1. The van der Waals surface area contributed by atoms with Gasteiger partial charge in [-0.1, -0.05) is 6.07 Å². The van der Waals surface area contributed by atoms with Crippen LogP contribution in [-0.2, 0) is 0 Å². The predicted octanol–water partition coefficient (Wildman–Crippen LogP) is 2.67. The molecule has 0 radical (unpaired) electrons. The van der Waals surface area contributed by atoms with Crippen molar-refractivity contribution in [2.45, 2.75) is 0 Å². The topological polar surface area (TPSA) is 53.6 Å². The Kier molecular flexibility index (Phi) is 2.26. The Hall–Kier alpha value is -2.36. The van der Waals surface area contributed by atoms with Crippen molar-refractivity contribution in [1.82, 2.24) is 15.0 Å². The van der Waals surface area contributed by atoms with Crippen LogP contribution >= 0.6 is 0 Å².